The summed E-state index contributed by atoms with van der Waals surface area (Å²) in [6.07, 6.45) is 3.37. The van der Waals surface area contributed by atoms with Gasteiger partial charge in [0.05, 0.1) is 23.4 Å². The van der Waals surface area contributed by atoms with Crippen LogP contribution in [-0.2, 0) is 9.47 Å². The number of nitrogens with one attached hydrogen (secondary N) is 2. The Labute approximate surface area is 185 Å². The fraction of sp³-hybridized carbons (Fsp3) is 0.682. The Hall–Kier alpha value is -1.54. The van der Waals surface area contributed by atoms with E-state index in [0.717, 1.165) is 102 Å². The predicted molar refractivity (Wildman–Crippen MR) is 124 cm³/mol. The lowest BCUT2D eigenvalue weighted by Crippen LogP contribution is -2.47. The third-order valence-corrected chi connectivity index (χ3v) is 5.91. The molecule has 1 aromatic rings. The first-order chi connectivity index (χ1) is 14.8. The molecule has 1 unspecified atom stereocenters. The van der Waals surface area contributed by atoms with Crippen LogP contribution < -0.4 is 15.5 Å². The number of hydrogen-bond acceptors (Lipinski definition) is 5. The first kappa shape index (κ1) is 23.1. The van der Waals surface area contributed by atoms with Gasteiger partial charge in [-0.05, 0) is 37.9 Å². The fourth-order valence-electron chi connectivity index (χ4n) is 3.82. The van der Waals surface area contributed by atoms with Gasteiger partial charge in [-0.25, -0.2) is 0 Å². The van der Waals surface area contributed by atoms with Gasteiger partial charge < -0.3 is 25.0 Å². The van der Waals surface area contributed by atoms with Crippen LogP contribution in [0.1, 0.15) is 19.3 Å². The van der Waals surface area contributed by atoms with Crippen molar-refractivity contribution in [2.24, 2.45) is 4.99 Å². The molecule has 2 aliphatic rings. The third-order valence-electron chi connectivity index (χ3n) is 5.59. The third kappa shape index (κ3) is 7.61. The van der Waals surface area contributed by atoms with Gasteiger partial charge in [-0.15, -0.1) is 0 Å². The molecule has 3 rings (SSSR count). The highest BCUT2D eigenvalue weighted by molar-refractivity contribution is 6.33. The van der Waals surface area contributed by atoms with Crippen molar-refractivity contribution in [1.82, 2.24) is 15.5 Å². The molecule has 2 saturated heterocycles. The summed E-state index contributed by atoms with van der Waals surface area (Å²) in [6, 6.07) is 8.11. The van der Waals surface area contributed by atoms with Crippen molar-refractivity contribution in [1.29, 1.82) is 0 Å². The average molecular weight is 438 g/mol. The Morgan fingerprint density at radius 2 is 1.93 bits per heavy atom. The van der Waals surface area contributed by atoms with Gasteiger partial charge >= 0.3 is 0 Å². The highest BCUT2D eigenvalue weighted by Gasteiger charge is 2.18. The molecule has 1 aromatic carbocycles. The molecule has 2 fully saturated rings. The lowest BCUT2D eigenvalue weighted by molar-refractivity contribution is 0.0420. The number of benzene rings is 1. The number of guanidine groups is 1. The zero-order chi connectivity index (χ0) is 21.0. The fourth-order valence-corrected chi connectivity index (χ4v) is 4.08. The summed E-state index contributed by atoms with van der Waals surface area (Å²) in [6.45, 7) is 9.40. The van der Waals surface area contributed by atoms with Gasteiger partial charge in [-0.2, -0.15) is 0 Å². The molecule has 30 heavy (non-hydrogen) atoms. The second-order valence-electron chi connectivity index (χ2n) is 7.77. The Balaban J connectivity index is 1.21. The number of anilines is 1. The molecule has 1 atom stereocenters. The predicted octanol–water partition coefficient (Wildman–Crippen LogP) is 2.21. The summed E-state index contributed by atoms with van der Waals surface area (Å²) >= 11 is 6.33. The molecule has 2 heterocycles. The van der Waals surface area contributed by atoms with Crippen LogP contribution in [0.3, 0.4) is 0 Å². The number of aliphatic imine (C=N–C) groups is 1. The number of nitrogens with zero attached hydrogens (tertiary/aromatic N) is 3. The van der Waals surface area contributed by atoms with Crippen molar-refractivity contribution in [2.75, 3.05) is 77.6 Å². The van der Waals surface area contributed by atoms with E-state index in [4.69, 9.17) is 21.1 Å². The van der Waals surface area contributed by atoms with Gasteiger partial charge in [-0.1, -0.05) is 23.7 Å². The molecule has 7 nitrogen and oxygen atoms in total. The maximum atomic E-state index is 6.33. The minimum absolute atomic E-state index is 0.286. The number of hydrogen-bond donors (Lipinski definition) is 2. The topological polar surface area (TPSA) is 61.4 Å². The molecule has 0 bridgehead atoms. The van der Waals surface area contributed by atoms with Gasteiger partial charge in [0.15, 0.2) is 5.96 Å². The lowest BCUT2D eigenvalue weighted by atomic mass is 10.2. The van der Waals surface area contributed by atoms with Gasteiger partial charge in [-0.3, -0.25) is 9.89 Å². The van der Waals surface area contributed by atoms with Crippen molar-refractivity contribution in [3.8, 4) is 0 Å². The molecule has 0 radical (unpaired) electrons. The molecule has 8 heteroatoms. The first-order valence-corrected chi connectivity index (χ1v) is 11.5. The normalized spacial score (nSPS) is 20.5. The summed E-state index contributed by atoms with van der Waals surface area (Å²) in [7, 11) is 1.82. The molecular weight excluding hydrogens is 402 g/mol. The van der Waals surface area contributed by atoms with E-state index in [2.05, 4.69) is 37.6 Å². The SMILES string of the molecule is CN=C(NCCCOC1CCOC1)NCCCN1CCN(c2ccccc2Cl)CC1. The number of halogens is 1. The van der Waals surface area contributed by atoms with Gasteiger partial charge in [0.2, 0.25) is 0 Å². The maximum absolute atomic E-state index is 6.33. The summed E-state index contributed by atoms with van der Waals surface area (Å²) in [5.74, 6) is 0.864. The van der Waals surface area contributed by atoms with Crippen LogP contribution in [0.5, 0.6) is 0 Å². The highest BCUT2D eigenvalue weighted by atomic mass is 35.5. The molecule has 0 saturated carbocycles. The lowest BCUT2D eigenvalue weighted by Gasteiger charge is -2.36. The minimum atomic E-state index is 0.286. The zero-order valence-corrected chi connectivity index (χ0v) is 18.9. The van der Waals surface area contributed by atoms with E-state index in [1.807, 2.05) is 19.2 Å². The number of piperazine rings is 1. The van der Waals surface area contributed by atoms with Crippen LogP contribution in [0.25, 0.3) is 0 Å². The van der Waals surface area contributed by atoms with Crippen LogP contribution in [0.2, 0.25) is 5.02 Å². The van der Waals surface area contributed by atoms with E-state index < -0.39 is 0 Å². The van der Waals surface area contributed by atoms with Crippen molar-refractivity contribution < 1.29 is 9.47 Å². The van der Waals surface area contributed by atoms with E-state index in [1.165, 1.54) is 0 Å². The van der Waals surface area contributed by atoms with Crippen LogP contribution in [-0.4, -0.2) is 89.6 Å². The molecule has 0 aromatic heterocycles. The van der Waals surface area contributed by atoms with E-state index in [-0.39, 0.29) is 6.10 Å². The largest absolute Gasteiger partial charge is 0.379 e. The van der Waals surface area contributed by atoms with E-state index in [1.54, 1.807) is 0 Å². The van der Waals surface area contributed by atoms with E-state index in [0.29, 0.717) is 0 Å². The van der Waals surface area contributed by atoms with Crippen molar-refractivity contribution in [3.05, 3.63) is 29.3 Å². The summed E-state index contributed by atoms with van der Waals surface area (Å²) in [5, 5.41) is 7.60. The van der Waals surface area contributed by atoms with Crippen LogP contribution in [0, 0.1) is 0 Å². The van der Waals surface area contributed by atoms with Gasteiger partial charge in [0.25, 0.3) is 0 Å². The highest BCUT2D eigenvalue weighted by Crippen LogP contribution is 2.25. The minimum Gasteiger partial charge on any atom is -0.379 e. The summed E-state index contributed by atoms with van der Waals surface area (Å²) in [5.41, 5.74) is 1.15. The Morgan fingerprint density at radius 3 is 2.63 bits per heavy atom. The van der Waals surface area contributed by atoms with Crippen LogP contribution in [0.15, 0.2) is 29.3 Å². The summed E-state index contributed by atoms with van der Waals surface area (Å²) < 4.78 is 11.1. The zero-order valence-electron chi connectivity index (χ0n) is 18.1. The molecule has 2 N–H and O–H groups in total. The second-order valence-corrected chi connectivity index (χ2v) is 8.18. The summed E-state index contributed by atoms with van der Waals surface area (Å²) in [4.78, 5) is 9.20. The monoisotopic (exact) mass is 437 g/mol. The second kappa shape index (κ2) is 13.0. The van der Waals surface area contributed by atoms with Gasteiger partial charge in [0.1, 0.15) is 0 Å². The smallest absolute Gasteiger partial charge is 0.190 e. The van der Waals surface area contributed by atoms with Crippen LogP contribution >= 0.6 is 11.6 Å². The van der Waals surface area contributed by atoms with Crippen molar-refractivity contribution in [2.45, 2.75) is 25.4 Å². The number of ether oxygens (including phenoxy) is 2. The van der Waals surface area contributed by atoms with Crippen molar-refractivity contribution >= 4 is 23.2 Å². The Kier molecular flexibility index (Phi) is 10.0. The molecular formula is C22H36ClN5O2. The molecule has 2 aliphatic heterocycles. The molecule has 0 aliphatic carbocycles. The van der Waals surface area contributed by atoms with Crippen LogP contribution in [0.4, 0.5) is 5.69 Å². The number of para-hydroxylation sites is 1. The average Bonchev–Trinajstić information content (AvgIpc) is 3.29. The van der Waals surface area contributed by atoms with E-state index >= 15 is 0 Å². The van der Waals surface area contributed by atoms with Gasteiger partial charge in [0, 0.05) is 59.5 Å². The standard InChI is InChI=1S/C22H36ClN5O2/c1-24-22(26-10-5-16-30-19-8-17-29-18-19)25-9-4-11-27-12-14-28(15-13-27)21-7-3-2-6-20(21)23/h2-3,6-7,19H,4-5,8-18H2,1H3,(H2,24,25,26). The van der Waals surface area contributed by atoms with E-state index in [9.17, 15) is 0 Å². The number of rotatable bonds is 10. The molecule has 168 valence electrons. The maximum Gasteiger partial charge on any atom is 0.190 e. The Bertz CT molecular complexity index is 646. The first-order valence-electron chi connectivity index (χ1n) is 11.1. The quantitative estimate of drug-likeness (QED) is 0.332. The molecule has 0 amide bonds. The Morgan fingerprint density at radius 1 is 1.17 bits per heavy atom. The molecule has 0 spiro atoms. The van der Waals surface area contributed by atoms with Crippen molar-refractivity contribution in [3.63, 3.8) is 0 Å².